The second kappa shape index (κ2) is 9.55. The summed E-state index contributed by atoms with van der Waals surface area (Å²) in [4.78, 5) is 4.77. The summed E-state index contributed by atoms with van der Waals surface area (Å²) >= 11 is 12.5. The molecule has 174 valence electrons. The molecule has 1 aromatic heterocycles. The van der Waals surface area contributed by atoms with Gasteiger partial charge in [0, 0.05) is 33.0 Å². The van der Waals surface area contributed by atoms with Crippen molar-refractivity contribution in [2.24, 2.45) is 0 Å². The molecular formula is C28H26Cl2N2O2. The molecule has 1 saturated heterocycles. The van der Waals surface area contributed by atoms with Crippen molar-refractivity contribution in [3.05, 3.63) is 106 Å². The van der Waals surface area contributed by atoms with E-state index in [-0.39, 0.29) is 12.0 Å². The van der Waals surface area contributed by atoms with Gasteiger partial charge in [-0.15, -0.1) is 0 Å². The minimum atomic E-state index is -1.04. The molecule has 34 heavy (non-hydrogen) atoms. The summed E-state index contributed by atoms with van der Waals surface area (Å²) in [6.45, 7) is 0.690. The zero-order chi connectivity index (χ0) is 23.7. The highest BCUT2D eigenvalue weighted by molar-refractivity contribution is 6.31. The van der Waals surface area contributed by atoms with E-state index in [1.807, 2.05) is 66.7 Å². The first kappa shape index (κ1) is 23.1. The number of piperidine rings is 1. The first-order chi connectivity index (χ1) is 16.5. The quantitative estimate of drug-likeness (QED) is 0.332. The number of methoxy groups -OCH3 is 1. The molecule has 2 N–H and O–H groups in total. The zero-order valence-corrected chi connectivity index (χ0v) is 20.4. The monoisotopic (exact) mass is 492 g/mol. The van der Waals surface area contributed by atoms with Crippen LogP contribution in [0.4, 0.5) is 0 Å². The van der Waals surface area contributed by atoms with Crippen molar-refractivity contribution in [2.45, 2.75) is 30.4 Å². The highest BCUT2D eigenvalue weighted by atomic mass is 35.5. The lowest BCUT2D eigenvalue weighted by atomic mass is 9.70. The normalized spacial score (nSPS) is 21.4. The molecule has 0 saturated carbocycles. The Morgan fingerprint density at radius 2 is 1.74 bits per heavy atom. The first-order valence-electron chi connectivity index (χ1n) is 11.4. The molecule has 0 bridgehead atoms. The van der Waals surface area contributed by atoms with Gasteiger partial charge in [0.05, 0.1) is 18.2 Å². The topological polar surface area (TPSA) is 54.4 Å². The molecule has 1 aliphatic heterocycles. The highest BCUT2D eigenvalue weighted by Crippen LogP contribution is 2.47. The van der Waals surface area contributed by atoms with Crippen LogP contribution in [0.15, 0.2) is 78.9 Å². The third-order valence-corrected chi connectivity index (χ3v) is 7.21. The van der Waals surface area contributed by atoms with Gasteiger partial charge in [0.25, 0.3) is 0 Å². The molecule has 5 rings (SSSR count). The van der Waals surface area contributed by atoms with E-state index in [9.17, 15) is 5.11 Å². The second-order valence-electron chi connectivity index (χ2n) is 8.88. The standard InChI is InChI=1S/C28H26Cl2N2O2/c1-34-27-23(16-20-15-22(30)11-12-24(20)32-27)26(19-7-9-21(29)10-8-19)28(33)13-14-31-25(17-28)18-5-3-2-4-6-18/h2-12,15-16,25-26,31,33H,13-14,17H2,1H3. The largest absolute Gasteiger partial charge is 0.481 e. The fourth-order valence-electron chi connectivity index (χ4n) is 5.12. The van der Waals surface area contributed by atoms with Gasteiger partial charge < -0.3 is 15.2 Å². The van der Waals surface area contributed by atoms with Crippen LogP contribution in [0.2, 0.25) is 10.0 Å². The molecule has 4 nitrogen and oxygen atoms in total. The number of aliphatic hydroxyl groups is 1. The molecule has 1 aliphatic rings. The summed E-state index contributed by atoms with van der Waals surface area (Å²) in [6.07, 6.45) is 1.13. The molecular weight excluding hydrogens is 467 g/mol. The number of hydrogen-bond donors (Lipinski definition) is 2. The van der Waals surface area contributed by atoms with E-state index in [0.717, 1.165) is 27.6 Å². The van der Waals surface area contributed by atoms with Crippen molar-refractivity contribution >= 4 is 34.1 Å². The van der Waals surface area contributed by atoms with Crippen molar-refractivity contribution in [3.8, 4) is 5.88 Å². The number of nitrogens with zero attached hydrogens (tertiary/aromatic N) is 1. The maximum Gasteiger partial charge on any atom is 0.217 e. The molecule has 1 fully saturated rings. The van der Waals surface area contributed by atoms with E-state index in [0.29, 0.717) is 35.3 Å². The Labute approximate surface area is 209 Å². The van der Waals surface area contributed by atoms with Crippen LogP contribution in [0.1, 0.15) is 41.5 Å². The second-order valence-corrected chi connectivity index (χ2v) is 9.76. The summed E-state index contributed by atoms with van der Waals surface area (Å²) in [6, 6.07) is 25.6. The number of benzene rings is 3. The predicted molar refractivity (Wildman–Crippen MR) is 138 cm³/mol. The van der Waals surface area contributed by atoms with Crippen LogP contribution in [0.3, 0.4) is 0 Å². The maximum absolute atomic E-state index is 12.3. The lowest BCUT2D eigenvalue weighted by Crippen LogP contribution is -2.48. The predicted octanol–water partition coefficient (Wildman–Crippen LogP) is 6.54. The van der Waals surface area contributed by atoms with Gasteiger partial charge >= 0.3 is 0 Å². The molecule has 3 aromatic carbocycles. The van der Waals surface area contributed by atoms with Gasteiger partial charge in [-0.05, 0) is 66.9 Å². The van der Waals surface area contributed by atoms with Crippen LogP contribution < -0.4 is 10.1 Å². The lowest BCUT2D eigenvalue weighted by Gasteiger charge is -2.43. The summed E-state index contributed by atoms with van der Waals surface area (Å²) in [7, 11) is 1.62. The number of pyridine rings is 1. The Balaban J connectivity index is 1.67. The molecule has 3 unspecified atom stereocenters. The Morgan fingerprint density at radius 1 is 1.00 bits per heavy atom. The molecule has 4 aromatic rings. The summed E-state index contributed by atoms with van der Waals surface area (Å²) < 4.78 is 5.76. The molecule has 0 radical (unpaired) electrons. The van der Waals surface area contributed by atoms with Crippen molar-refractivity contribution in [3.63, 3.8) is 0 Å². The van der Waals surface area contributed by atoms with E-state index >= 15 is 0 Å². The minimum Gasteiger partial charge on any atom is -0.481 e. The third-order valence-electron chi connectivity index (χ3n) is 6.72. The Bertz CT molecular complexity index is 1300. The Hall–Kier alpha value is -2.63. The number of rotatable bonds is 5. The SMILES string of the molecule is COc1nc2ccc(Cl)cc2cc1C(c1ccc(Cl)cc1)C1(O)CCNC(c2ccccc2)C1. The Morgan fingerprint density at radius 3 is 2.47 bits per heavy atom. The van der Waals surface area contributed by atoms with Crippen molar-refractivity contribution in [1.29, 1.82) is 0 Å². The average Bonchev–Trinajstić information content (AvgIpc) is 2.85. The zero-order valence-electron chi connectivity index (χ0n) is 18.8. The highest BCUT2D eigenvalue weighted by Gasteiger charge is 2.44. The van der Waals surface area contributed by atoms with Gasteiger partial charge in [0.1, 0.15) is 0 Å². The minimum absolute atomic E-state index is 0.0311. The van der Waals surface area contributed by atoms with Crippen molar-refractivity contribution < 1.29 is 9.84 Å². The number of aromatic nitrogens is 1. The number of fused-ring (bicyclic) bond motifs is 1. The molecule has 0 amide bonds. The van der Waals surface area contributed by atoms with Crippen LogP contribution in [-0.4, -0.2) is 29.3 Å². The lowest BCUT2D eigenvalue weighted by molar-refractivity contribution is -0.0196. The van der Waals surface area contributed by atoms with Crippen molar-refractivity contribution in [1.82, 2.24) is 10.3 Å². The van der Waals surface area contributed by atoms with Crippen LogP contribution in [-0.2, 0) is 0 Å². The first-order valence-corrected chi connectivity index (χ1v) is 12.1. The fraction of sp³-hybridized carbons (Fsp3) is 0.250. The number of halogens is 2. The van der Waals surface area contributed by atoms with Gasteiger partial charge in [0.15, 0.2) is 0 Å². The smallest absolute Gasteiger partial charge is 0.217 e. The molecule has 0 aliphatic carbocycles. The fourth-order valence-corrected chi connectivity index (χ4v) is 5.43. The van der Waals surface area contributed by atoms with Crippen molar-refractivity contribution in [2.75, 3.05) is 13.7 Å². The van der Waals surface area contributed by atoms with Crippen LogP contribution >= 0.6 is 23.2 Å². The third kappa shape index (κ3) is 4.51. The number of nitrogens with one attached hydrogen (secondary N) is 1. The summed E-state index contributed by atoms with van der Waals surface area (Å²) in [5, 5.41) is 18.1. The van der Waals surface area contributed by atoms with E-state index in [2.05, 4.69) is 17.4 Å². The van der Waals surface area contributed by atoms with Crippen LogP contribution in [0.5, 0.6) is 5.88 Å². The summed E-state index contributed by atoms with van der Waals surface area (Å²) in [5.41, 5.74) is 2.70. The molecule has 6 heteroatoms. The van der Waals surface area contributed by atoms with E-state index < -0.39 is 5.60 Å². The van der Waals surface area contributed by atoms with Gasteiger partial charge in [0.2, 0.25) is 5.88 Å². The Kier molecular flexibility index (Phi) is 6.50. The van der Waals surface area contributed by atoms with E-state index in [1.54, 1.807) is 7.11 Å². The van der Waals surface area contributed by atoms with Crippen LogP contribution in [0.25, 0.3) is 10.9 Å². The molecule has 3 atom stereocenters. The molecule has 2 heterocycles. The molecule has 0 spiro atoms. The van der Waals surface area contributed by atoms with E-state index in [4.69, 9.17) is 32.9 Å². The van der Waals surface area contributed by atoms with Gasteiger partial charge in [-0.25, -0.2) is 4.98 Å². The summed E-state index contributed by atoms with van der Waals surface area (Å²) in [5.74, 6) is 0.127. The average molecular weight is 493 g/mol. The van der Waals surface area contributed by atoms with E-state index in [1.165, 1.54) is 0 Å². The van der Waals surface area contributed by atoms with Gasteiger partial charge in [-0.1, -0.05) is 65.7 Å². The van der Waals surface area contributed by atoms with Gasteiger partial charge in [-0.3, -0.25) is 0 Å². The number of hydrogen-bond acceptors (Lipinski definition) is 4. The van der Waals surface area contributed by atoms with Crippen LogP contribution in [0, 0.1) is 0 Å². The number of ether oxygens (including phenoxy) is 1. The maximum atomic E-state index is 12.3. The van der Waals surface area contributed by atoms with Gasteiger partial charge in [-0.2, -0.15) is 0 Å².